The van der Waals surface area contributed by atoms with E-state index in [9.17, 15) is 5.11 Å². The first-order valence-electron chi connectivity index (χ1n) is 5.85. The van der Waals surface area contributed by atoms with Crippen molar-refractivity contribution in [3.05, 3.63) is 0 Å². The minimum absolute atomic E-state index is 0.327. The highest BCUT2D eigenvalue weighted by atomic mass is 16.3. The number of β-amino-alcohol motifs (C(OH)–C–C–N with tert-alkyl or cyclic N) is 1. The lowest BCUT2D eigenvalue weighted by atomic mass is 9.86. The van der Waals surface area contributed by atoms with Crippen molar-refractivity contribution in [2.75, 3.05) is 26.2 Å². The fourth-order valence-electron chi connectivity index (χ4n) is 3.09. The second kappa shape index (κ2) is 4.17. The number of likely N-dealkylation sites (tertiary alicyclic amines) is 1. The van der Waals surface area contributed by atoms with E-state index in [0.717, 1.165) is 13.1 Å². The van der Waals surface area contributed by atoms with Gasteiger partial charge in [0.15, 0.2) is 0 Å². The zero-order valence-electron chi connectivity index (χ0n) is 8.91. The van der Waals surface area contributed by atoms with Crippen LogP contribution in [0.15, 0.2) is 0 Å². The molecule has 1 atom stereocenters. The van der Waals surface area contributed by atoms with Gasteiger partial charge in [-0.1, -0.05) is 12.8 Å². The number of hydrogen-bond acceptors (Lipinski definition) is 3. The lowest BCUT2D eigenvalue weighted by Gasteiger charge is -2.24. The van der Waals surface area contributed by atoms with Crippen LogP contribution in [0.3, 0.4) is 0 Å². The minimum atomic E-state index is -0.327. The van der Waals surface area contributed by atoms with Crippen LogP contribution in [0.1, 0.15) is 32.1 Å². The first-order chi connectivity index (χ1) is 6.74. The van der Waals surface area contributed by atoms with Crippen molar-refractivity contribution in [1.29, 1.82) is 0 Å². The van der Waals surface area contributed by atoms with E-state index >= 15 is 0 Å². The lowest BCUT2D eigenvalue weighted by Crippen LogP contribution is -2.36. The summed E-state index contributed by atoms with van der Waals surface area (Å²) in [6, 6.07) is 0. The van der Waals surface area contributed by atoms with Crippen molar-refractivity contribution in [3.63, 3.8) is 0 Å². The Bertz CT molecular complexity index is 190. The molecule has 1 saturated carbocycles. The first kappa shape index (κ1) is 10.4. The molecule has 82 valence electrons. The standard InChI is InChI=1S/C11H22N2O/c12-7-10(14)8-13-6-5-11(9-13)3-1-2-4-11/h10,14H,1-9,12H2. The molecule has 2 aliphatic rings. The van der Waals surface area contributed by atoms with Crippen molar-refractivity contribution in [1.82, 2.24) is 4.90 Å². The highest BCUT2D eigenvalue weighted by Crippen LogP contribution is 2.45. The maximum absolute atomic E-state index is 9.48. The van der Waals surface area contributed by atoms with Crippen LogP contribution in [0, 0.1) is 5.41 Å². The van der Waals surface area contributed by atoms with Gasteiger partial charge in [0.25, 0.3) is 0 Å². The molecule has 1 aliphatic carbocycles. The molecule has 1 spiro atoms. The van der Waals surface area contributed by atoms with Crippen LogP contribution >= 0.6 is 0 Å². The summed E-state index contributed by atoms with van der Waals surface area (Å²) in [5.41, 5.74) is 6.04. The molecule has 3 heteroatoms. The van der Waals surface area contributed by atoms with Gasteiger partial charge in [0.1, 0.15) is 0 Å². The van der Waals surface area contributed by atoms with Gasteiger partial charge in [0.05, 0.1) is 6.10 Å². The molecule has 3 nitrogen and oxygen atoms in total. The summed E-state index contributed by atoms with van der Waals surface area (Å²) in [6.07, 6.45) is 6.64. The van der Waals surface area contributed by atoms with E-state index in [4.69, 9.17) is 5.73 Å². The predicted molar refractivity (Wildman–Crippen MR) is 57.0 cm³/mol. The van der Waals surface area contributed by atoms with Crippen LogP contribution in [-0.4, -0.2) is 42.3 Å². The molecule has 0 bridgehead atoms. The van der Waals surface area contributed by atoms with Crippen molar-refractivity contribution in [2.24, 2.45) is 11.1 Å². The highest BCUT2D eigenvalue weighted by molar-refractivity contribution is 4.93. The van der Waals surface area contributed by atoms with Gasteiger partial charge in [-0.2, -0.15) is 0 Å². The molecule has 3 N–H and O–H groups in total. The van der Waals surface area contributed by atoms with Crippen LogP contribution < -0.4 is 5.73 Å². The molecule has 0 aromatic carbocycles. The summed E-state index contributed by atoms with van der Waals surface area (Å²) in [5, 5.41) is 9.48. The molecule has 2 fully saturated rings. The number of hydrogen-bond donors (Lipinski definition) is 2. The van der Waals surface area contributed by atoms with E-state index < -0.39 is 0 Å². The third kappa shape index (κ3) is 2.10. The van der Waals surface area contributed by atoms with Crippen LogP contribution in [-0.2, 0) is 0 Å². The Labute approximate surface area is 86.3 Å². The maximum atomic E-state index is 9.48. The minimum Gasteiger partial charge on any atom is -0.390 e. The molecule has 0 aromatic rings. The van der Waals surface area contributed by atoms with Crippen LogP contribution in [0.25, 0.3) is 0 Å². The first-order valence-corrected chi connectivity index (χ1v) is 5.85. The number of aliphatic hydroxyl groups excluding tert-OH is 1. The summed E-state index contributed by atoms with van der Waals surface area (Å²) >= 11 is 0. The van der Waals surface area contributed by atoms with Crippen LogP contribution in [0.2, 0.25) is 0 Å². The zero-order chi connectivity index (χ0) is 10.0. The molecule has 14 heavy (non-hydrogen) atoms. The largest absolute Gasteiger partial charge is 0.390 e. The smallest absolute Gasteiger partial charge is 0.0789 e. The van der Waals surface area contributed by atoms with Crippen LogP contribution in [0.4, 0.5) is 0 Å². The Kier molecular flexibility index (Phi) is 3.10. The van der Waals surface area contributed by atoms with E-state index in [1.54, 1.807) is 0 Å². The Balaban J connectivity index is 1.82. The highest BCUT2D eigenvalue weighted by Gasteiger charge is 2.40. The number of nitrogens with two attached hydrogens (primary N) is 1. The van der Waals surface area contributed by atoms with Gasteiger partial charge in [0, 0.05) is 19.6 Å². The summed E-state index contributed by atoms with van der Waals surface area (Å²) < 4.78 is 0. The topological polar surface area (TPSA) is 49.5 Å². The normalized spacial score (nSPS) is 28.7. The molecular formula is C11H22N2O. The van der Waals surface area contributed by atoms with E-state index in [1.807, 2.05) is 0 Å². The van der Waals surface area contributed by atoms with E-state index in [-0.39, 0.29) is 6.10 Å². The molecule has 0 amide bonds. The second-order valence-corrected chi connectivity index (χ2v) is 5.08. The third-order valence-corrected chi connectivity index (χ3v) is 3.92. The van der Waals surface area contributed by atoms with E-state index in [1.165, 1.54) is 38.6 Å². The second-order valence-electron chi connectivity index (χ2n) is 5.08. The molecule has 1 saturated heterocycles. The number of rotatable bonds is 3. The molecule has 1 aliphatic heterocycles. The van der Waals surface area contributed by atoms with Crippen molar-refractivity contribution >= 4 is 0 Å². The SMILES string of the molecule is NCC(O)CN1CCC2(CCCC2)C1. The van der Waals surface area contributed by atoms with Gasteiger partial charge in [-0.3, -0.25) is 0 Å². The van der Waals surface area contributed by atoms with Gasteiger partial charge >= 0.3 is 0 Å². The molecule has 1 unspecified atom stereocenters. The monoisotopic (exact) mass is 198 g/mol. The van der Waals surface area contributed by atoms with Gasteiger partial charge < -0.3 is 15.7 Å². The summed E-state index contributed by atoms with van der Waals surface area (Å²) in [4.78, 5) is 2.39. The van der Waals surface area contributed by atoms with Crippen LogP contribution in [0.5, 0.6) is 0 Å². The predicted octanol–water partition coefficient (Wildman–Crippen LogP) is 0.572. The Morgan fingerprint density at radius 3 is 2.64 bits per heavy atom. The number of aliphatic hydroxyl groups is 1. The van der Waals surface area contributed by atoms with E-state index in [0.29, 0.717) is 12.0 Å². The van der Waals surface area contributed by atoms with Gasteiger partial charge in [-0.25, -0.2) is 0 Å². The van der Waals surface area contributed by atoms with Crippen molar-refractivity contribution < 1.29 is 5.11 Å². The Morgan fingerprint density at radius 1 is 1.29 bits per heavy atom. The fraction of sp³-hybridized carbons (Fsp3) is 1.00. The summed E-state index contributed by atoms with van der Waals surface area (Å²) in [7, 11) is 0. The van der Waals surface area contributed by atoms with E-state index in [2.05, 4.69) is 4.90 Å². The van der Waals surface area contributed by atoms with Crippen molar-refractivity contribution in [3.8, 4) is 0 Å². The lowest BCUT2D eigenvalue weighted by molar-refractivity contribution is 0.124. The molecule has 1 heterocycles. The van der Waals surface area contributed by atoms with Gasteiger partial charge in [-0.15, -0.1) is 0 Å². The third-order valence-electron chi connectivity index (χ3n) is 3.92. The molecular weight excluding hydrogens is 176 g/mol. The Morgan fingerprint density at radius 2 is 2.00 bits per heavy atom. The quantitative estimate of drug-likeness (QED) is 0.697. The molecule has 0 aromatic heterocycles. The zero-order valence-corrected chi connectivity index (χ0v) is 8.91. The van der Waals surface area contributed by atoms with Crippen molar-refractivity contribution in [2.45, 2.75) is 38.2 Å². The summed E-state index contributed by atoms with van der Waals surface area (Å²) in [6.45, 7) is 3.53. The summed E-state index contributed by atoms with van der Waals surface area (Å²) in [5.74, 6) is 0. The number of nitrogens with zero attached hydrogens (tertiary/aromatic N) is 1. The van der Waals surface area contributed by atoms with Gasteiger partial charge in [-0.05, 0) is 31.2 Å². The molecule has 2 rings (SSSR count). The average molecular weight is 198 g/mol. The van der Waals surface area contributed by atoms with Gasteiger partial charge in [0.2, 0.25) is 0 Å². The molecule has 0 radical (unpaired) electrons. The average Bonchev–Trinajstić information content (AvgIpc) is 2.78. The fourth-order valence-corrected chi connectivity index (χ4v) is 3.09. The maximum Gasteiger partial charge on any atom is 0.0789 e. The Hall–Kier alpha value is -0.120.